The molecule has 1 N–H and O–H groups in total. The molecule has 0 saturated carbocycles. The van der Waals surface area contributed by atoms with E-state index < -0.39 is 23.5 Å². The van der Waals surface area contributed by atoms with E-state index in [1.165, 1.54) is 0 Å². The lowest BCUT2D eigenvalue weighted by molar-refractivity contribution is -0.136. The van der Waals surface area contributed by atoms with Crippen LogP contribution < -0.4 is 14.8 Å². The van der Waals surface area contributed by atoms with Crippen molar-refractivity contribution in [2.24, 2.45) is 11.8 Å². The quantitative estimate of drug-likeness (QED) is 0.760. The Morgan fingerprint density at radius 3 is 2.81 bits per heavy atom. The van der Waals surface area contributed by atoms with Crippen LogP contribution in [-0.2, 0) is 20.9 Å². The minimum Gasteiger partial charge on any atom is -0.486 e. The van der Waals surface area contributed by atoms with Gasteiger partial charge in [0.25, 0.3) is 0 Å². The van der Waals surface area contributed by atoms with Gasteiger partial charge in [0, 0.05) is 30.7 Å². The Hall–Kier alpha value is -3.39. The second-order valence-corrected chi connectivity index (χ2v) is 8.30. The number of benzene rings is 1. The standard InChI is InChI=1S/C23H21N3O5/c27-21(25-15-1-2-16-18(11-15)30-10-9-29-16)19-17-3-6-23(31-17)13-26(22(28)20(19)23)12-14-4-7-24-8-5-14/h1-8,11,17,19-20H,9-10,12-13H2,(H,25,27)/t17-,19-,20+,23+/m0/s1. The number of nitrogens with zero attached hydrogens (tertiary/aromatic N) is 2. The van der Waals surface area contributed by atoms with Gasteiger partial charge < -0.3 is 24.4 Å². The van der Waals surface area contributed by atoms with Crippen LogP contribution in [0.4, 0.5) is 5.69 Å². The zero-order chi connectivity index (χ0) is 21.0. The molecule has 0 aliphatic carbocycles. The SMILES string of the molecule is O=C(Nc1ccc2c(c1)OCCO2)[C@H]1[C@@H]2C=C[C@]3(CN(Cc4ccncc4)C(=O)[C@@H]13)O2. The van der Waals surface area contributed by atoms with Gasteiger partial charge in [0.05, 0.1) is 24.5 Å². The second kappa shape index (κ2) is 6.81. The van der Waals surface area contributed by atoms with Gasteiger partial charge in [-0.1, -0.05) is 12.2 Å². The first-order valence-corrected chi connectivity index (χ1v) is 10.4. The Kier molecular flexibility index (Phi) is 4.04. The molecule has 2 amide bonds. The summed E-state index contributed by atoms with van der Waals surface area (Å²) in [6.07, 6.45) is 6.89. The number of likely N-dealkylation sites (tertiary alicyclic amines) is 1. The fourth-order valence-electron chi connectivity index (χ4n) is 5.07. The van der Waals surface area contributed by atoms with Crippen LogP contribution in [0.5, 0.6) is 11.5 Å². The van der Waals surface area contributed by atoms with Crippen LogP contribution in [0.15, 0.2) is 54.9 Å². The molecular weight excluding hydrogens is 398 g/mol. The van der Waals surface area contributed by atoms with E-state index in [1.54, 1.807) is 35.5 Å². The predicted octanol–water partition coefficient (Wildman–Crippen LogP) is 1.77. The van der Waals surface area contributed by atoms with Gasteiger partial charge in [-0.2, -0.15) is 0 Å². The third-order valence-corrected chi connectivity index (χ3v) is 6.41. The van der Waals surface area contributed by atoms with Gasteiger partial charge in [-0.05, 0) is 29.8 Å². The number of aromatic nitrogens is 1. The summed E-state index contributed by atoms with van der Waals surface area (Å²) in [5, 5.41) is 2.95. The van der Waals surface area contributed by atoms with Gasteiger partial charge in [-0.3, -0.25) is 14.6 Å². The van der Waals surface area contributed by atoms with E-state index in [-0.39, 0.29) is 11.8 Å². The number of amides is 2. The number of fused-ring (bicyclic) bond motifs is 2. The number of carbonyl (C=O) groups excluding carboxylic acids is 2. The molecule has 8 nitrogen and oxygen atoms in total. The minimum absolute atomic E-state index is 0.0500. The number of carbonyl (C=O) groups is 2. The Morgan fingerprint density at radius 2 is 1.97 bits per heavy atom. The van der Waals surface area contributed by atoms with Crippen LogP contribution in [0.25, 0.3) is 0 Å². The Labute approximate surface area is 178 Å². The fraction of sp³-hybridized carbons (Fsp3) is 0.348. The zero-order valence-electron chi connectivity index (χ0n) is 16.7. The van der Waals surface area contributed by atoms with Crippen molar-refractivity contribution in [1.29, 1.82) is 0 Å². The lowest BCUT2D eigenvalue weighted by Gasteiger charge is -2.24. The van der Waals surface area contributed by atoms with Crippen molar-refractivity contribution < 1.29 is 23.8 Å². The first-order valence-electron chi connectivity index (χ1n) is 10.4. The van der Waals surface area contributed by atoms with E-state index in [9.17, 15) is 9.59 Å². The van der Waals surface area contributed by atoms with Gasteiger partial charge >= 0.3 is 0 Å². The van der Waals surface area contributed by atoms with Crippen molar-refractivity contribution in [2.45, 2.75) is 18.2 Å². The van der Waals surface area contributed by atoms with E-state index in [2.05, 4.69) is 10.3 Å². The average molecular weight is 419 g/mol. The van der Waals surface area contributed by atoms with Crippen LogP contribution in [0.1, 0.15) is 5.56 Å². The average Bonchev–Trinajstić information content (AvgIpc) is 3.43. The molecule has 1 aromatic carbocycles. The van der Waals surface area contributed by atoms with E-state index in [1.807, 2.05) is 24.3 Å². The normalized spacial score (nSPS) is 29.9. The third-order valence-electron chi connectivity index (χ3n) is 6.41. The van der Waals surface area contributed by atoms with E-state index in [0.717, 1.165) is 5.56 Å². The molecule has 4 aliphatic heterocycles. The Balaban J connectivity index is 1.23. The van der Waals surface area contributed by atoms with Crippen molar-refractivity contribution in [1.82, 2.24) is 9.88 Å². The molecule has 5 heterocycles. The van der Waals surface area contributed by atoms with Crippen LogP contribution in [0, 0.1) is 11.8 Å². The lowest BCUT2D eigenvalue weighted by atomic mass is 9.77. The summed E-state index contributed by atoms with van der Waals surface area (Å²) in [4.78, 5) is 32.4. The topological polar surface area (TPSA) is 90.0 Å². The van der Waals surface area contributed by atoms with Gasteiger partial charge in [0.2, 0.25) is 11.8 Å². The van der Waals surface area contributed by atoms with Crippen molar-refractivity contribution in [3.05, 3.63) is 60.4 Å². The molecule has 2 fully saturated rings. The van der Waals surface area contributed by atoms with Crippen LogP contribution in [0.2, 0.25) is 0 Å². The number of hydrogen-bond acceptors (Lipinski definition) is 6. The first kappa shape index (κ1) is 18.4. The highest BCUT2D eigenvalue weighted by atomic mass is 16.6. The minimum atomic E-state index is -0.733. The molecule has 4 aliphatic rings. The molecule has 0 radical (unpaired) electrons. The molecule has 1 spiro atoms. The molecule has 4 atom stereocenters. The molecule has 0 unspecified atom stereocenters. The summed E-state index contributed by atoms with van der Waals surface area (Å²) in [5.74, 6) is -0.116. The summed E-state index contributed by atoms with van der Waals surface area (Å²) in [5.41, 5.74) is 0.869. The number of nitrogens with one attached hydrogen (secondary N) is 1. The maximum Gasteiger partial charge on any atom is 0.231 e. The van der Waals surface area contributed by atoms with E-state index >= 15 is 0 Å². The fourth-order valence-corrected chi connectivity index (χ4v) is 5.07. The summed E-state index contributed by atoms with van der Waals surface area (Å²) >= 11 is 0. The number of hydrogen-bond donors (Lipinski definition) is 1. The molecule has 1 aromatic heterocycles. The van der Waals surface area contributed by atoms with Gasteiger partial charge in [-0.25, -0.2) is 0 Å². The monoisotopic (exact) mass is 419 g/mol. The second-order valence-electron chi connectivity index (χ2n) is 8.30. The molecule has 158 valence electrons. The van der Waals surface area contributed by atoms with Crippen molar-refractivity contribution in [3.63, 3.8) is 0 Å². The van der Waals surface area contributed by atoms with Crippen LogP contribution >= 0.6 is 0 Å². The lowest BCUT2D eigenvalue weighted by Crippen LogP contribution is -2.41. The Bertz CT molecular complexity index is 1090. The van der Waals surface area contributed by atoms with Crippen LogP contribution in [-0.4, -0.2) is 53.2 Å². The summed E-state index contributed by atoms with van der Waals surface area (Å²) in [6, 6.07) is 9.08. The van der Waals surface area contributed by atoms with E-state index in [0.29, 0.717) is 43.5 Å². The summed E-state index contributed by atoms with van der Waals surface area (Å²) < 4.78 is 17.3. The Morgan fingerprint density at radius 1 is 1.16 bits per heavy atom. The third kappa shape index (κ3) is 2.90. The number of rotatable bonds is 4. The smallest absolute Gasteiger partial charge is 0.231 e. The molecular formula is C23H21N3O5. The number of anilines is 1. The molecule has 2 aromatic rings. The number of ether oxygens (including phenoxy) is 3. The molecule has 6 rings (SSSR count). The highest BCUT2D eigenvalue weighted by molar-refractivity contribution is 5.99. The largest absolute Gasteiger partial charge is 0.486 e. The van der Waals surface area contributed by atoms with Crippen molar-refractivity contribution in [3.8, 4) is 11.5 Å². The van der Waals surface area contributed by atoms with Crippen LogP contribution in [0.3, 0.4) is 0 Å². The molecule has 2 bridgehead atoms. The maximum absolute atomic E-state index is 13.3. The highest BCUT2D eigenvalue weighted by Gasteiger charge is 2.66. The summed E-state index contributed by atoms with van der Waals surface area (Å²) in [7, 11) is 0. The maximum atomic E-state index is 13.3. The van der Waals surface area contributed by atoms with Crippen molar-refractivity contribution in [2.75, 3.05) is 25.1 Å². The molecule has 31 heavy (non-hydrogen) atoms. The highest BCUT2D eigenvalue weighted by Crippen LogP contribution is 2.52. The van der Waals surface area contributed by atoms with E-state index in [4.69, 9.17) is 14.2 Å². The van der Waals surface area contributed by atoms with Gasteiger partial charge in [0.15, 0.2) is 11.5 Å². The predicted molar refractivity (Wildman–Crippen MR) is 109 cm³/mol. The zero-order valence-corrected chi connectivity index (χ0v) is 16.7. The first-order chi connectivity index (χ1) is 15.1. The van der Waals surface area contributed by atoms with Gasteiger partial charge in [0.1, 0.15) is 18.8 Å². The summed E-state index contributed by atoms with van der Waals surface area (Å²) in [6.45, 7) is 1.89. The van der Waals surface area contributed by atoms with Crippen molar-refractivity contribution >= 4 is 17.5 Å². The van der Waals surface area contributed by atoms with Gasteiger partial charge in [-0.15, -0.1) is 0 Å². The number of pyridine rings is 1. The molecule has 8 heteroatoms. The molecule has 2 saturated heterocycles.